The van der Waals surface area contributed by atoms with E-state index in [0.29, 0.717) is 0 Å². The fourth-order valence-corrected chi connectivity index (χ4v) is 1.51. The molecule has 0 spiro atoms. The molecule has 0 heterocycles. The predicted molar refractivity (Wildman–Crippen MR) is 82.5 cm³/mol. The van der Waals surface area contributed by atoms with E-state index in [1.54, 1.807) is 0 Å². The summed E-state index contributed by atoms with van der Waals surface area (Å²) in [5, 5.41) is 2.81. The van der Waals surface area contributed by atoms with Crippen molar-refractivity contribution in [3.05, 3.63) is 27.8 Å². The lowest BCUT2D eigenvalue weighted by molar-refractivity contribution is -0.119. The SMILES string of the molecule is CC(C)(C)[C@H](N)C(=O)Nc1ccc(I)cc1.Cl. The molecule has 1 aromatic carbocycles. The molecule has 17 heavy (non-hydrogen) atoms. The Kier molecular flexibility index (Phi) is 6.43. The van der Waals surface area contributed by atoms with Crippen molar-refractivity contribution < 1.29 is 4.79 Å². The molecule has 1 amide bonds. The maximum Gasteiger partial charge on any atom is 0.241 e. The first kappa shape index (κ1) is 16.7. The second kappa shape index (κ2) is 6.56. The number of carbonyl (C=O) groups excluding carboxylic acids is 1. The van der Waals surface area contributed by atoms with Gasteiger partial charge in [-0.15, -0.1) is 12.4 Å². The molecule has 0 bridgehead atoms. The molecule has 0 fully saturated rings. The van der Waals surface area contributed by atoms with Crippen LogP contribution in [-0.4, -0.2) is 11.9 Å². The average Bonchev–Trinajstić information content (AvgIpc) is 2.19. The second-order valence-electron chi connectivity index (χ2n) is 4.84. The van der Waals surface area contributed by atoms with Crippen molar-refractivity contribution in [2.24, 2.45) is 11.1 Å². The van der Waals surface area contributed by atoms with Crippen LogP contribution in [0.25, 0.3) is 0 Å². The maximum atomic E-state index is 11.8. The zero-order valence-electron chi connectivity index (χ0n) is 10.2. The summed E-state index contributed by atoms with van der Waals surface area (Å²) in [4.78, 5) is 11.8. The molecule has 1 rings (SSSR count). The summed E-state index contributed by atoms with van der Waals surface area (Å²) in [6.45, 7) is 5.85. The summed E-state index contributed by atoms with van der Waals surface area (Å²) in [5.74, 6) is -0.145. The van der Waals surface area contributed by atoms with Gasteiger partial charge >= 0.3 is 0 Å². The molecule has 0 saturated carbocycles. The largest absolute Gasteiger partial charge is 0.325 e. The summed E-state index contributed by atoms with van der Waals surface area (Å²) in [6.07, 6.45) is 0. The molecule has 0 aliphatic rings. The normalized spacial score (nSPS) is 12.5. The van der Waals surface area contributed by atoms with Crippen LogP contribution in [0, 0.1) is 8.99 Å². The fraction of sp³-hybridized carbons (Fsp3) is 0.417. The lowest BCUT2D eigenvalue weighted by Crippen LogP contribution is -2.45. The van der Waals surface area contributed by atoms with Gasteiger partial charge < -0.3 is 11.1 Å². The highest BCUT2D eigenvalue weighted by molar-refractivity contribution is 14.1. The van der Waals surface area contributed by atoms with E-state index in [4.69, 9.17) is 5.73 Å². The zero-order chi connectivity index (χ0) is 12.3. The van der Waals surface area contributed by atoms with Crippen LogP contribution in [0.4, 0.5) is 5.69 Å². The number of amides is 1. The first-order valence-electron chi connectivity index (χ1n) is 5.13. The average molecular weight is 369 g/mol. The number of rotatable bonds is 2. The molecule has 0 radical (unpaired) electrons. The standard InChI is InChI=1S/C12H17IN2O.ClH/c1-12(2,3)10(14)11(16)15-9-6-4-8(13)5-7-9;/h4-7,10H,14H2,1-3H3,(H,15,16);1H/t10-;/m1./s1. The Morgan fingerprint density at radius 2 is 1.76 bits per heavy atom. The highest BCUT2D eigenvalue weighted by Gasteiger charge is 2.27. The van der Waals surface area contributed by atoms with E-state index < -0.39 is 6.04 Å². The van der Waals surface area contributed by atoms with Gasteiger partial charge in [0.1, 0.15) is 0 Å². The number of anilines is 1. The summed E-state index contributed by atoms with van der Waals surface area (Å²) in [7, 11) is 0. The summed E-state index contributed by atoms with van der Waals surface area (Å²) >= 11 is 2.22. The van der Waals surface area contributed by atoms with Crippen LogP contribution in [0.15, 0.2) is 24.3 Å². The number of hydrogen-bond acceptors (Lipinski definition) is 2. The number of benzene rings is 1. The number of halogens is 2. The molecule has 0 unspecified atom stereocenters. The van der Waals surface area contributed by atoms with Gasteiger partial charge in [-0.3, -0.25) is 4.79 Å². The molecule has 1 aromatic rings. The van der Waals surface area contributed by atoms with Gasteiger partial charge in [-0.2, -0.15) is 0 Å². The minimum atomic E-state index is -0.508. The van der Waals surface area contributed by atoms with E-state index in [0.717, 1.165) is 9.26 Å². The third-order valence-electron chi connectivity index (χ3n) is 2.33. The van der Waals surface area contributed by atoms with E-state index in [1.807, 2.05) is 45.0 Å². The Morgan fingerprint density at radius 1 is 1.29 bits per heavy atom. The third-order valence-corrected chi connectivity index (χ3v) is 3.05. The van der Waals surface area contributed by atoms with E-state index >= 15 is 0 Å². The molecular weight excluding hydrogens is 351 g/mol. The van der Waals surface area contributed by atoms with E-state index in [2.05, 4.69) is 27.9 Å². The van der Waals surface area contributed by atoms with Crippen molar-refractivity contribution in [3.8, 4) is 0 Å². The van der Waals surface area contributed by atoms with Crippen LogP contribution in [0.5, 0.6) is 0 Å². The van der Waals surface area contributed by atoms with Crippen molar-refractivity contribution in [2.45, 2.75) is 26.8 Å². The van der Waals surface area contributed by atoms with Crippen LogP contribution in [0.1, 0.15) is 20.8 Å². The van der Waals surface area contributed by atoms with E-state index in [1.165, 1.54) is 0 Å². The van der Waals surface area contributed by atoms with Crippen LogP contribution in [0.2, 0.25) is 0 Å². The Hall–Kier alpha value is -0.330. The maximum absolute atomic E-state index is 11.8. The lowest BCUT2D eigenvalue weighted by Gasteiger charge is -2.25. The van der Waals surface area contributed by atoms with Crippen LogP contribution >= 0.6 is 35.0 Å². The number of nitrogens with two attached hydrogens (primary N) is 1. The van der Waals surface area contributed by atoms with Gasteiger partial charge in [-0.1, -0.05) is 20.8 Å². The molecule has 96 valence electrons. The van der Waals surface area contributed by atoms with Crippen molar-refractivity contribution in [1.82, 2.24) is 0 Å². The molecule has 0 aliphatic carbocycles. The molecule has 1 atom stereocenters. The first-order chi connectivity index (χ1) is 7.30. The number of carbonyl (C=O) groups is 1. The smallest absolute Gasteiger partial charge is 0.241 e. The molecule has 3 nitrogen and oxygen atoms in total. The van der Waals surface area contributed by atoms with Gasteiger partial charge in [0.05, 0.1) is 6.04 Å². The van der Waals surface area contributed by atoms with E-state index in [9.17, 15) is 4.79 Å². The minimum absolute atomic E-state index is 0. The van der Waals surface area contributed by atoms with Gasteiger partial charge in [0, 0.05) is 9.26 Å². The van der Waals surface area contributed by atoms with Crippen LogP contribution in [0.3, 0.4) is 0 Å². The van der Waals surface area contributed by atoms with Gasteiger partial charge in [-0.25, -0.2) is 0 Å². The van der Waals surface area contributed by atoms with Crippen molar-refractivity contribution in [2.75, 3.05) is 5.32 Å². The molecule has 0 aromatic heterocycles. The van der Waals surface area contributed by atoms with Crippen molar-refractivity contribution in [1.29, 1.82) is 0 Å². The summed E-state index contributed by atoms with van der Waals surface area (Å²) in [5.41, 5.74) is 6.41. The molecule has 0 aliphatic heterocycles. The lowest BCUT2D eigenvalue weighted by atomic mass is 9.87. The topological polar surface area (TPSA) is 55.1 Å². The summed E-state index contributed by atoms with van der Waals surface area (Å²) < 4.78 is 1.13. The van der Waals surface area contributed by atoms with Crippen molar-refractivity contribution >= 4 is 46.6 Å². The predicted octanol–water partition coefficient (Wildman–Crippen LogP) is 3.02. The highest BCUT2D eigenvalue weighted by Crippen LogP contribution is 2.19. The summed E-state index contributed by atoms with van der Waals surface area (Å²) in [6, 6.07) is 7.12. The Labute approximate surface area is 122 Å². The van der Waals surface area contributed by atoms with Crippen LogP contribution in [-0.2, 0) is 4.79 Å². The molecular formula is C12H18ClIN2O. The minimum Gasteiger partial charge on any atom is -0.325 e. The molecule has 5 heteroatoms. The third kappa shape index (κ3) is 5.23. The van der Waals surface area contributed by atoms with Gasteiger partial charge in [0.2, 0.25) is 5.91 Å². The van der Waals surface area contributed by atoms with Crippen LogP contribution < -0.4 is 11.1 Å². The number of hydrogen-bond donors (Lipinski definition) is 2. The Bertz CT molecular complexity index is 373. The highest BCUT2D eigenvalue weighted by atomic mass is 127. The zero-order valence-corrected chi connectivity index (χ0v) is 13.1. The van der Waals surface area contributed by atoms with Crippen molar-refractivity contribution in [3.63, 3.8) is 0 Å². The molecule has 3 N–H and O–H groups in total. The molecule has 0 saturated heterocycles. The van der Waals surface area contributed by atoms with Gasteiger partial charge in [0.15, 0.2) is 0 Å². The quantitative estimate of drug-likeness (QED) is 0.789. The van der Waals surface area contributed by atoms with E-state index in [-0.39, 0.29) is 23.7 Å². The van der Waals surface area contributed by atoms with Gasteiger partial charge in [-0.05, 0) is 52.3 Å². The Morgan fingerprint density at radius 3 is 2.18 bits per heavy atom. The first-order valence-corrected chi connectivity index (χ1v) is 6.20. The second-order valence-corrected chi connectivity index (χ2v) is 6.09. The number of nitrogens with one attached hydrogen (secondary N) is 1. The van der Waals surface area contributed by atoms with Gasteiger partial charge in [0.25, 0.3) is 0 Å². The Balaban J connectivity index is 0.00000256. The monoisotopic (exact) mass is 368 g/mol. The fourth-order valence-electron chi connectivity index (χ4n) is 1.15.